The van der Waals surface area contributed by atoms with Crippen molar-refractivity contribution < 1.29 is 14.7 Å². The summed E-state index contributed by atoms with van der Waals surface area (Å²) in [4.78, 5) is 23.1. The number of carbonyl (C=O) groups excluding carboxylic acids is 1. The number of hydrogen-bond donors (Lipinski definition) is 2. The Labute approximate surface area is 134 Å². The maximum absolute atomic E-state index is 12.1. The van der Waals surface area contributed by atoms with Crippen molar-refractivity contribution in [2.24, 2.45) is 0 Å². The van der Waals surface area contributed by atoms with E-state index in [4.69, 9.17) is 5.11 Å². The standard InChI is InChI=1S/C14H12INO3S/c15-12-6-10(8-20-12)14(19)16-11(7-13(17)18)9-4-2-1-3-5-9/h1-6,8,11H,7H2,(H,16,19)(H,17,18). The normalized spacial score (nSPS) is 11.8. The molecular weight excluding hydrogens is 389 g/mol. The molecule has 2 rings (SSSR count). The lowest BCUT2D eigenvalue weighted by molar-refractivity contribution is -0.137. The van der Waals surface area contributed by atoms with Crippen molar-refractivity contribution in [3.63, 3.8) is 0 Å². The molecule has 0 bridgehead atoms. The van der Waals surface area contributed by atoms with Crippen LogP contribution >= 0.6 is 33.9 Å². The van der Waals surface area contributed by atoms with Gasteiger partial charge in [0.05, 0.1) is 20.9 Å². The highest BCUT2D eigenvalue weighted by Crippen LogP contribution is 2.20. The first-order valence-electron chi connectivity index (χ1n) is 5.88. The Kier molecular flexibility index (Phi) is 5.13. The highest BCUT2D eigenvalue weighted by Gasteiger charge is 2.19. The molecule has 1 aromatic carbocycles. The van der Waals surface area contributed by atoms with Crippen LogP contribution in [0.2, 0.25) is 0 Å². The summed E-state index contributed by atoms with van der Waals surface area (Å²) in [7, 11) is 0. The number of amides is 1. The van der Waals surface area contributed by atoms with Crippen LogP contribution < -0.4 is 5.32 Å². The molecule has 1 amide bonds. The molecule has 4 nitrogen and oxygen atoms in total. The number of nitrogens with one attached hydrogen (secondary N) is 1. The molecule has 104 valence electrons. The summed E-state index contributed by atoms with van der Waals surface area (Å²) >= 11 is 3.62. The number of halogens is 1. The van der Waals surface area contributed by atoms with Gasteiger partial charge in [-0.25, -0.2) is 0 Å². The van der Waals surface area contributed by atoms with E-state index in [-0.39, 0.29) is 12.3 Å². The number of thiophene rings is 1. The predicted octanol–water partition coefficient (Wildman–Crippen LogP) is 3.30. The number of benzene rings is 1. The van der Waals surface area contributed by atoms with E-state index in [9.17, 15) is 9.59 Å². The van der Waals surface area contributed by atoms with Gasteiger partial charge in [0, 0.05) is 5.38 Å². The summed E-state index contributed by atoms with van der Waals surface area (Å²) in [5.41, 5.74) is 1.35. The molecule has 0 aliphatic carbocycles. The molecule has 0 spiro atoms. The van der Waals surface area contributed by atoms with Gasteiger partial charge >= 0.3 is 5.97 Å². The van der Waals surface area contributed by atoms with E-state index in [2.05, 4.69) is 27.9 Å². The second-order valence-corrected chi connectivity index (χ2v) is 6.98. The fourth-order valence-corrected chi connectivity index (χ4v) is 3.11. The lowest BCUT2D eigenvalue weighted by Crippen LogP contribution is -2.29. The third-order valence-electron chi connectivity index (χ3n) is 2.72. The van der Waals surface area contributed by atoms with Crippen LogP contribution in [0.5, 0.6) is 0 Å². The Morgan fingerprint density at radius 2 is 2.00 bits per heavy atom. The molecule has 0 aliphatic heterocycles. The number of rotatable bonds is 5. The summed E-state index contributed by atoms with van der Waals surface area (Å²) in [5, 5.41) is 13.5. The van der Waals surface area contributed by atoms with E-state index in [0.717, 1.165) is 8.45 Å². The Morgan fingerprint density at radius 3 is 2.55 bits per heavy atom. The van der Waals surface area contributed by atoms with Gasteiger partial charge in [-0.3, -0.25) is 9.59 Å². The highest BCUT2D eigenvalue weighted by molar-refractivity contribution is 14.1. The maximum Gasteiger partial charge on any atom is 0.305 e. The number of carbonyl (C=O) groups is 2. The number of hydrogen-bond acceptors (Lipinski definition) is 3. The van der Waals surface area contributed by atoms with Crippen LogP contribution in [-0.4, -0.2) is 17.0 Å². The molecular formula is C14H12INO3S. The van der Waals surface area contributed by atoms with E-state index in [1.807, 2.05) is 30.3 Å². The first kappa shape index (κ1) is 15.0. The summed E-state index contributed by atoms with van der Waals surface area (Å²) in [6.07, 6.45) is -0.142. The van der Waals surface area contributed by atoms with Gasteiger partial charge in [-0.05, 0) is 34.2 Å². The Hall–Kier alpha value is -1.41. The monoisotopic (exact) mass is 401 g/mol. The molecule has 0 fully saturated rings. The summed E-state index contributed by atoms with van der Waals surface area (Å²) in [6, 6.07) is 10.4. The predicted molar refractivity (Wildman–Crippen MR) is 85.9 cm³/mol. The molecule has 0 radical (unpaired) electrons. The van der Waals surface area contributed by atoms with Gasteiger partial charge in [0.2, 0.25) is 0 Å². The van der Waals surface area contributed by atoms with Crippen LogP contribution in [0.25, 0.3) is 0 Å². The highest BCUT2D eigenvalue weighted by atomic mass is 127. The fraction of sp³-hybridized carbons (Fsp3) is 0.143. The van der Waals surface area contributed by atoms with Gasteiger partial charge in [0.1, 0.15) is 0 Å². The van der Waals surface area contributed by atoms with Crippen molar-refractivity contribution >= 4 is 45.8 Å². The van der Waals surface area contributed by atoms with Gasteiger partial charge in [-0.15, -0.1) is 11.3 Å². The summed E-state index contributed by atoms with van der Waals surface area (Å²) in [5.74, 6) is -1.20. The number of carboxylic acid groups (broad SMARTS) is 1. The van der Waals surface area contributed by atoms with Crippen molar-refractivity contribution in [3.05, 3.63) is 55.8 Å². The third-order valence-corrected chi connectivity index (χ3v) is 4.50. The number of carboxylic acids is 1. The molecule has 1 heterocycles. The van der Waals surface area contributed by atoms with Crippen LogP contribution in [0.1, 0.15) is 28.4 Å². The molecule has 20 heavy (non-hydrogen) atoms. The quantitative estimate of drug-likeness (QED) is 0.756. The van der Waals surface area contributed by atoms with E-state index >= 15 is 0 Å². The average Bonchev–Trinajstić information content (AvgIpc) is 2.85. The van der Waals surface area contributed by atoms with E-state index in [1.165, 1.54) is 11.3 Å². The summed E-state index contributed by atoms with van der Waals surface area (Å²) < 4.78 is 1.02. The van der Waals surface area contributed by atoms with E-state index < -0.39 is 12.0 Å². The first-order chi connectivity index (χ1) is 9.56. The minimum atomic E-state index is -0.945. The van der Waals surface area contributed by atoms with Gasteiger partial charge in [0.15, 0.2) is 0 Å². The fourth-order valence-electron chi connectivity index (χ4n) is 1.78. The van der Waals surface area contributed by atoms with Crippen molar-refractivity contribution in [2.45, 2.75) is 12.5 Å². The zero-order valence-corrected chi connectivity index (χ0v) is 13.3. The molecule has 2 N–H and O–H groups in total. The van der Waals surface area contributed by atoms with Crippen molar-refractivity contribution in [1.82, 2.24) is 5.32 Å². The zero-order valence-electron chi connectivity index (χ0n) is 10.4. The Balaban J connectivity index is 2.16. The lowest BCUT2D eigenvalue weighted by atomic mass is 10.0. The van der Waals surface area contributed by atoms with Crippen LogP contribution in [-0.2, 0) is 4.79 Å². The topological polar surface area (TPSA) is 66.4 Å². The van der Waals surface area contributed by atoms with Gasteiger partial charge in [-0.1, -0.05) is 30.3 Å². The van der Waals surface area contributed by atoms with Crippen molar-refractivity contribution in [3.8, 4) is 0 Å². The van der Waals surface area contributed by atoms with Crippen molar-refractivity contribution in [2.75, 3.05) is 0 Å². The summed E-state index contributed by atoms with van der Waals surface area (Å²) in [6.45, 7) is 0. The zero-order chi connectivity index (χ0) is 14.5. The molecule has 6 heteroatoms. The molecule has 1 unspecified atom stereocenters. The molecule has 0 saturated heterocycles. The van der Waals surface area contributed by atoms with E-state index in [0.29, 0.717) is 5.56 Å². The molecule has 0 saturated carbocycles. The van der Waals surface area contributed by atoms with Crippen molar-refractivity contribution in [1.29, 1.82) is 0 Å². The molecule has 1 aromatic heterocycles. The van der Waals surface area contributed by atoms with Gasteiger partial charge in [-0.2, -0.15) is 0 Å². The van der Waals surface area contributed by atoms with Crippen LogP contribution in [0.3, 0.4) is 0 Å². The molecule has 2 aromatic rings. The van der Waals surface area contributed by atoms with Gasteiger partial charge in [0.25, 0.3) is 5.91 Å². The SMILES string of the molecule is O=C(O)CC(NC(=O)c1csc(I)c1)c1ccccc1. The molecule has 1 atom stereocenters. The number of aliphatic carboxylic acids is 1. The van der Waals surface area contributed by atoms with Gasteiger partial charge < -0.3 is 10.4 Å². The van der Waals surface area contributed by atoms with Crippen LogP contribution in [0.4, 0.5) is 0 Å². The van der Waals surface area contributed by atoms with Crippen LogP contribution in [0.15, 0.2) is 41.8 Å². The largest absolute Gasteiger partial charge is 0.481 e. The third kappa shape index (κ3) is 4.04. The lowest BCUT2D eigenvalue weighted by Gasteiger charge is -2.17. The molecule has 0 aliphatic rings. The Morgan fingerprint density at radius 1 is 1.30 bits per heavy atom. The average molecular weight is 401 g/mol. The first-order valence-corrected chi connectivity index (χ1v) is 7.83. The minimum absolute atomic E-state index is 0.142. The van der Waals surface area contributed by atoms with E-state index in [1.54, 1.807) is 11.4 Å². The Bertz CT molecular complexity index is 612. The second-order valence-electron chi connectivity index (χ2n) is 4.17. The second kappa shape index (κ2) is 6.85. The minimum Gasteiger partial charge on any atom is -0.481 e. The van der Waals surface area contributed by atoms with Crippen LogP contribution in [0, 0.1) is 2.88 Å². The maximum atomic E-state index is 12.1. The smallest absolute Gasteiger partial charge is 0.305 e.